The average Bonchev–Trinajstić information content (AvgIpc) is 2.13. The predicted octanol–water partition coefficient (Wildman–Crippen LogP) is -1.85. The van der Waals surface area contributed by atoms with E-state index in [2.05, 4.69) is 5.73 Å². The van der Waals surface area contributed by atoms with Crippen molar-refractivity contribution in [2.45, 2.75) is 25.3 Å². The van der Waals surface area contributed by atoms with Crippen LogP contribution in [0.1, 0.15) is 19.3 Å². The van der Waals surface area contributed by atoms with E-state index in [-0.39, 0.29) is 12.0 Å². The van der Waals surface area contributed by atoms with Crippen LogP contribution in [-0.2, 0) is 4.79 Å². The minimum atomic E-state index is -0.924. The molecule has 3 heteroatoms. The Hall–Kier alpha value is -0.570. The summed E-state index contributed by atoms with van der Waals surface area (Å²) < 4.78 is 0. The third-order valence-electron chi connectivity index (χ3n) is 1.96. The fourth-order valence-electron chi connectivity index (χ4n) is 1.35. The molecule has 0 bridgehead atoms. The smallest absolute Gasteiger partial charge is 0.0924 e. The second-order valence-electron chi connectivity index (χ2n) is 2.62. The Morgan fingerprint density at radius 3 is 2.44 bits per heavy atom. The lowest BCUT2D eigenvalue weighted by Gasteiger charge is -2.12. The van der Waals surface area contributed by atoms with Gasteiger partial charge in [0, 0.05) is 0 Å². The summed E-state index contributed by atoms with van der Waals surface area (Å²) in [4.78, 5) is 10.3. The van der Waals surface area contributed by atoms with Crippen LogP contribution in [0.5, 0.6) is 0 Å². The molecule has 0 unspecified atom stereocenters. The lowest BCUT2D eigenvalue weighted by atomic mass is 10.1. The number of quaternary nitrogens is 1. The zero-order chi connectivity index (χ0) is 6.85. The molecule has 9 heavy (non-hydrogen) atoms. The maximum atomic E-state index is 10.3. The van der Waals surface area contributed by atoms with Crippen LogP contribution in [0.15, 0.2) is 0 Å². The standard InChI is InChI=1S/C6H11NO2/c7-5-3-1-2-4(5)6(8)9/h4-5H,1-3,7H2,(H,8,9)/t4-,5-/m0/s1. The highest BCUT2D eigenvalue weighted by Gasteiger charge is 2.27. The Kier molecular flexibility index (Phi) is 1.71. The van der Waals surface area contributed by atoms with Crippen LogP contribution < -0.4 is 10.8 Å². The largest absolute Gasteiger partial charge is 0.550 e. The van der Waals surface area contributed by atoms with Gasteiger partial charge in [-0.1, -0.05) is 0 Å². The number of aliphatic carboxylic acids is 1. The number of carboxylic acids is 1. The fourth-order valence-corrected chi connectivity index (χ4v) is 1.35. The molecule has 0 amide bonds. The molecule has 52 valence electrons. The fraction of sp³-hybridized carbons (Fsp3) is 0.833. The number of rotatable bonds is 1. The third kappa shape index (κ3) is 1.21. The molecule has 1 aliphatic rings. The Bertz CT molecular complexity index is 124. The monoisotopic (exact) mass is 129 g/mol. The van der Waals surface area contributed by atoms with E-state index in [1.807, 2.05) is 0 Å². The summed E-state index contributed by atoms with van der Waals surface area (Å²) in [6, 6.07) is 0.0926. The molecule has 0 aromatic carbocycles. The number of carbonyl (C=O) groups excluding carboxylic acids is 1. The zero-order valence-electron chi connectivity index (χ0n) is 5.30. The summed E-state index contributed by atoms with van der Waals surface area (Å²) in [6.07, 6.45) is 2.70. The van der Waals surface area contributed by atoms with Gasteiger partial charge in [-0.15, -0.1) is 0 Å². The van der Waals surface area contributed by atoms with Crippen LogP contribution in [0.3, 0.4) is 0 Å². The summed E-state index contributed by atoms with van der Waals surface area (Å²) in [5.74, 6) is -1.20. The van der Waals surface area contributed by atoms with E-state index < -0.39 is 5.97 Å². The molecular formula is C6H11NO2. The van der Waals surface area contributed by atoms with Crippen LogP contribution in [0.2, 0.25) is 0 Å². The van der Waals surface area contributed by atoms with E-state index in [9.17, 15) is 9.90 Å². The van der Waals surface area contributed by atoms with Crippen molar-refractivity contribution < 1.29 is 15.6 Å². The molecule has 0 aromatic heterocycles. The summed E-state index contributed by atoms with van der Waals surface area (Å²) in [5.41, 5.74) is 3.72. The van der Waals surface area contributed by atoms with Crippen molar-refractivity contribution in [1.82, 2.24) is 0 Å². The normalized spacial score (nSPS) is 34.8. The van der Waals surface area contributed by atoms with Crippen LogP contribution in [0.25, 0.3) is 0 Å². The quantitative estimate of drug-likeness (QED) is 0.451. The Labute approximate surface area is 53.9 Å². The van der Waals surface area contributed by atoms with Crippen molar-refractivity contribution in [3.8, 4) is 0 Å². The number of carbonyl (C=O) groups is 1. The molecule has 1 rings (SSSR count). The summed E-state index contributed by atoms with van der Waals surface area (Å²) in [6.45, 7) is 0. The van der Waals surface area contributed by atoms with Gasteiger partial charge in [-0.2, -0.15) is 0 Å². The molecule has 1 fully saturated rings. The number of carboxylic acid groups (broad SMARTS) is 1. The van der Waals surface area contributed by atoms with Gasteiger partial charge in [0.25, 0.3) is 0 Å². The highest BCUT2D eigenvalue weighted by Crippen LogP contribution is 2.21. The minimum absolute atomic E-state index is 0.0926. The van der Waals surface area contributed by atoms with E-state index in [1.165, 1.54) is 0 Å². The van der Waals surface area contributed by atoms with Crippen LogP contribution >= 0.6 is 0 Å². The summed E-state index contributed by atoms with van der Waals surface area (Å²) >= 11 is 0. The van der Waals surface area contributed by atoms with Gasteiger partial charge in [-0.25, -0.2) is 0 Å². The summed E-state index contributed by atoms with van der Waals surface area (Å²) in [7, 11) is 0. The Morgan fingerprint density at radius 2 is 2.22 bits per heavy atom. The van der Waals surface area contributed by atoms with Gasteiger partial charge in [-0.05, 0) is 19.3 Å². The third-order valence-corrected chi connectivity index (χ3v) is 1.96. The van der Waals surface area contributed by atoms with Crippen LogP contribution in [-0.4, -0.2) is 12.0 Å². The first-order chi connectivity index (χ1) is 4.22. The van der Waals surface area contributed by atoms with E-state index in [0.29, 0.717) is 0 Å². The van der Waals surface area contributed by atoms with Crippen molar-refractivity contribution >= 4 is 5.97 Å². The van der Waals surface area contributed by atoms with Crippen molar-refractivity contribution in [2.24, 2.45) is 5.92 Å². The van der Waals surface area contributed by atoms with Crippen molar-refractivity contribution in [3.63, 3.8) is 0 Å². The van der Waals surface area contributed by atoms with Gasteiger partial charge in [0.2, 0.25) is 0 Å². The van der Waals surface area contributed by atoms with Crippen molar-refractivity contribution in [1.29, 1.82) is 0 Å². The zero-order valence-corrected chi connectivity index (χ0v) is 5.30. The van der Waals surface area contributed by atoms with Gasteiger partial charge in [0.1, 0.15) is 0 Å². The molecule has 1 aliphatic carbocycles. The second kappa shape index (κ2) is 2.35. The van der Waals surface area contributed by atoms with E-state index in [1.54, 1.807) is 0 Å². The molecule has 0 saturated heterocycles. The SMILES string of the molecule is [NH3+][C@H]1CCC[C@@H]1C(=O)[O-]. The van der Waals surface area contributed by atoms with E-state index in [4.69, 9.17) is 0 Å². The first-order valence-corrected chi connectivity index (χ1v) is 3.26. The highest BCUT2D eigenvalue weighted by atomic mass is 16.4. The Morgan fingerprint density at radius 1 is 1.56 bits per heavy atom. The summed E-state index contributed by atoms with van der Waals surface area (Å²) in [5, 5.41) is 10.3. The molecule has 0 aromatic rings. The van der Waals surface area contributed by atoms with Gasteiger partial charge >= 0.3 is 0 Å². The molecule has 0 heterocycles. The minimum Gasteiger partial charge on any atom is -0.550 e. The molecule has 2 atom stereocenters. The molecule has 1 saturated carbocycles. The lowest BCUT2D eigenvalue weighted by Crippen LogP contribution is -2.64. The molecule has 3 nitrogen and oxygen atoms in total. The van der Waals surface area contributed by atoms with Gasteiger partial charge in [0.15, 0.2) is 0 Å². The van der Waals surface area contributed by atoms with Gasteiger partial charge < -0.3 is 15.6 Å². The number of hydrogen-bond donors (Lipinski definition) is 1. The van der Waals surface area contributed by atoms with Crippen LogP contribution in [0.4, 0.5) is 0 Å². The highest BCUT2D eigenvalue weighted by molar-refractivity contribution is 5.68. The van der Waals surface area contributed by atoms with Crippen molar-refractivity contribution in [3.05, 3.63) is 0 Å². The molecular weight excluding hydrogens is 118 g/mol. The maximum Gasteiger partial charge on any atom is 0.0924 e. The van der Waals surface area contributed by atoms with Gasteiger partial charge in [-0.3, -0.25) is 0 Å². The lowest BCUT2D eigenvalue weighted by molar-refractivity contribution is -0.431. The van der Waals surface area contributed by atoms with Crippen LogP contribution in [0, 0.1) is 5.92 Å². The Balaban J connectivity index is 2.49. The first-order valence-electron chi connectivity index (χ1n) is 3.26. The van der Waals surface area contributed by atoms with Crippen molar-refractivity contribution in [2.75, 3.05) is 0 Å². The molecule has 3 N–H and O–H groups in total. The number of hydrogen-bond acceptors (Lipinski definition) is 2. The average molecular weight is 129 g/mol. The topological polar surface area (TPSA) is 67.8 Å². The molecule has 0 aliphatic heterocycles. The maximum absolute atomic E-state index is 10.3. The second-order valence-corrected chi connectivity index (χ2v) is 2.62. The predicted molar refractivity (Wildman–Crippen MR) is 29.0 cm³/mol. The molecule has 0 radical (unpaired) electrons. The van der Waals surface area contributed by atoms with E-state index in [0.717, 1.165) is 19.3 Å². The van der Waals surface area contributed by atoms with E-state index >= 15 is 0 Å². The molecule has 0 spiro atoms. The first kappa shape index (κ1) is 6.55. The van der Waals surface area contributed by atoms with Gasteiger partial charge in [0.05, 0.1) is 17.9 Å².